The molecule has 1 fully saturated rings. The van der Waals surface area contributed by atoms with Crippen molar-refractivity contribution in [3.63, 3.8) is 0 Å². The first-order valence-electron chi connectivity index (χ1n) is 10.7. The third-order valence-electron chi connectivity index (χ3n) is 5.74. The zero-order valence-corrected chi connectivity index (χ0v) is 18.1. The van der Waals surface area contributed by atoms with Crippen molar-refractivity contribution < 1.29 is 28.6 Å². The predicted octanol–water partition coefficient (Wildman–Crippen LogP) is 3.26. The molecule has 2 aliphatic heterocycles. The highest BCUT2D eigenvalue weighted by Crippen LogP contribution is 2.34. The second-order valence-electron chi connectivity index (χ2n) is 8.00. The number of likely N-dealkylation sites (tertiary alicyclic amines) is 1. The number of ketones is 1. The van der Waals surface area contributed by atoms with Crippen molar-refractivity contribution in [2.24, 2.45) is 5.92 Å². The van der Waals surface area contributed by atoms with E-state index in [2.05, 4.69) is 5.32 Å². The number of carbonyl (C=O) groups excluding carboxylic acids is 3. The van der Waals surface area contributed by atoms with Crippen LogP contribution < -0.4 is 19.5 Å². The van der Waals surface area contributed by atoms with Crippen LogP contribution in [-0.2, 0) is 9.59 Å². The van der Waals surface area contributed by atoms with E-state index in [-0.39, 0.29) is 30.3 Å². The lowest BCUT2D eigenvalue weighted by Crippen LogP contribution is -2.46. The lowest BCUT2D eigenvalue weighted by atomic mass is 9.95. The molecular weight excluding hydrogens is 412 g/mol. The maximum absolute atomic E-state index is 12.8. The molecule has 0 bridgehead atoms. The summed E-state index contributed by atoms with van der Waals surface area (Å²) < 4.78 is 16.4. The molecule has 2 aromatic rings. The summed E-state index contributed by atoms with van der Waals surface area (Å²) in [5.41, 5.74) is 1.26. The molecule has 1 saturated heterocycles. The third-order valence-corrected chi connectivity index (χ3v) is 5.74. The Morgan fingerprint density at radius 1 is 1.03 bits per heavy atom. The Morgan fingerprint density at radius 3 is 2.41 bits per heavy atom. The lowest BCUT2D eigenvalue weighted by molar-refractivity contribution is -0.140. The first-order valence-corrected chi connectivity index (χ1v) is 10.7. The van der Waals surface area contributed by atoms with Crippen LogP contribution in [0.25, 0.3) is 0 Å². The normalized spacial score (nSPS) is 16.4. The molecule has 8 nitrogen and oxygen atoms in total. The highest BCUT2D eigenvalue weighted by molar-refractivity contribution is 5.94. The molecule has 32 heavy (non-hydrogen) atoms. The number of rotatable bonds is 6. The van der Waals surface area contributed by atoms with E-state index in [0.29, 0.717) is 54.4 Å². The number of fused-ring (bicyclic) bond motifs is 1. The largest absolute Gasteiger partial charge is 0.481 e. The number of ether oxygens (including phenoxy) is 3. The van der Waals surface area contributed by atoms with Crippen molar-refractivity contribution in [2.45, 2.75) is 32.8 Å². The van der Waals surface area contributed by atoms with Crippen LogP contribution in [-0.4, -0.2) is 48.5 Å². The average molecular weight is 438 g/mol. The molecule has 2 aliphatic rings. The van der Waals surface area contributed by atoms with Crippen molar-refractivity contribution in [1.29, 1.82) is 0 Å². The fourth-order valence-electron chi connectivity index (χ4n) is 3.86. The molecule has 0 radical (unpaired) electrons. The Hall–Kier alpha value is -3.55. The average Bonchev–Trinajstić information content (AvgIpc) is 3.27. The molecule has 4 rings (SSSR count). The molecule has 0 aromatic heterocycles. The van der Waals surface area contributed by atoms with Crippen molar-refractivity contribution in [1.82, 2.24) is 4.90 Å². The van der Waals surface area contributed by atoms with Crippen LogP contribution in [0.1, 0.15) is 37.0 Å². The topological polar surface area (TPSA) is 94.2 Å². The van der Waals surface area contributed by atoms with Crippen LogP contribution in [0.4, 0.5) is 5.69 Å². The Labute approximate surface area is 186 Å². The van der Waals surface area contributed by atoms with Crippen LogP contribution in [0.5, 0.6) is 17.2 Å². The van der Waals surface area contributed by atoms with E-state index in [4.69, 9.17) is 14.2 Å². The van der Waals surface area contributed by atoms with Crippen LogP contribution >= 0.6 is 0 Å². The fourth-order valence-corrected chi connectivity index (χ4v) is 3.86. The summed E-state index contributed by atoms with van der Waals surface area (Å²) in [7, 11) is 0. The Kier molecular flexibility index (Phi) is 6.30. The second-order valence-corrected chi connectivity index (χ2v) is 8.00. The Balaban J connectivity index is 1.26. The molecule has 0 unspecified atom stereocenters. The minimum Gasteiger partial charge on any atom is -0.481 e. The molecule has 8 heteroatoms. The van der Waals surface area contributed by atoms with Gasteiger partial charge in [0, 0.05) is 36.3 Å². The van der Waals surface area contributed by atoms with Gasteiger partial charge in [0.25, 0.3) is 5.91 Å². The molecule has 2 aromatic carbocycles. The minimum absolute atomic E-state index is 0.0221. The number of hydrogen-bond donors (Lipinski definition) is 1. The van der Waals surface area contributed by atoms with Crippen molar-refractivity contribution in [3.05, 3.63) is 48.0 Å². The molecule has 0 saturated carbocycles. The summed E-state index contributed by atoms with van der Waals surface area (Å²) in [6, 6.07) is 12.0. The number of piperidine rings is 1. The fraction of sp³-hybridized carbons (Fsp3) is 0.375. The van der Waals surface area contributed by atoms with Crippen molar-refractivity contribution >= 4 is 23.3 Å². The number of Topliss-reactive ketones (excluding diaryl/α,β-unsaturated/α-hetero) is 1. The highest BCUT2D eigenvalue weighted by Gasteiger charge is 2.30. The zero-order valence-electron chi connectivity index (χ0n) is 18.1. The summed E-state index contributed by atoms with van der Waals surface area (Å²) in [4.78, 5) is 38.5. The number of carbonyl (C=O) groups is 3. The molecule has 2 heterocycles. The SMILES string of the molecule is CC(=O)c1ccc(O[C@@H](C)C(=O)N2CCC(C(=O)Nc3ccc4c(c3)OCO4)CC2)cc1. The second kappa shape index (κ2) is 9.30. The molecule has 0 spiro atoms. The number of amides is 2. The van der Waals surface area contributed by atoms with Gasteiger partial charge >= 0.3 is 0 Å². The summed E-state index contributed by atoms with van der Waals surface area (Å²) in [6.45, 7) is 4.38. The van der Waals surface area contributed by atoms with E-state index in [1.807, 2.05) is 0 Å². The first kappa shape index (κ1) is 21.7. The number of anilines is 1. The number of nitrogens with one attached hydrogen (secondary N) is 1. The van der Waals surface area contributed by atoms with E-state index < -0.39 is 6.10 Å². The van der Waals surface area contributed by atoms with Gasteiger partial charge in [-0.2, -0.15) is 0 Å². The number of benzene rings is 2. The maximum Gasteiger partial charge on any atom is 0.263 e. The smallest absolute Gasteiger partial charge is 0.263 e. The monoisotopic (exact) mass is 438 g/mol. The molecule has 1 atom stereocenters. The van der Waals surface area contributed by atoms with E-state index in [0.717, 1.165) is 0 Å². The molecular formula is C24H26N2O6. The zero-order chi connectivity index (χ0) is 22.7. The standard InChI is InChI=1S/C24H26N2O6/c1-15(27)17-3-6-20(7-4-17)32-16(2)24(29)26-11-9-18(10-12-26)23(28)25-19-5-8-21-22(13-19)31-14-30-21/h3-8,13,16,18H,9-12,14H2,1-2H3,(H,25,28)/t16-/m0/s1. The van der Waals surface area contributed by atoms with E-state index in [9.17, 15) is 14.4 Å². The van der Waals surface area contributed by atoms with Gasteiger partial charge in [-0.1, -0.05) is 0 Å². The van der Waals surface area contributed by atoms with Gasteiger partial charge in [-0.3, -0.25) is 14.4 Å². The van der Waals surface area contributed by atoms with Gasteiger partial charge in [-0.15, -0.1) is 0 Å². The maximum atomic E-state index is 12.8. The van der Waals surface area contributed by atoms with Crippen LogP contribution in [0.15, 0.2) is 42.5 Å². The molecule has 1 N–H and O–H groups in total. The van der Waals surface area contributed by atoms with Gasteiger partial charge in [0.1, 0.15) is 5.75 Å². The van der Waals surface area contributed by atoms with Crippen LogP contribution in [0, 0.1) is 5.92 Å². The van der Waals surface area contributed by atoms with Gasteiger partial charge in [-0.05, 0) is 63.1 Å². The first-order chi connectivity index (χ1) is 15.4. The van der Waals surface area contributed by atoms with Gasteiger partial charge in [0.2, 0.25) is 12.7 Å². The van der Waals surface area contributed by atoms with Gasteiger partial charge < -0.3 is 24.4 Å². The van der Waals surface area contributed by atoms with Gasteiger partial charge in [0.05, 0.1) is 0 Å². The van der Waals surface area contributed by atoms with Gasteiger partial charge in [-0.25, -0.2) is 0 Å². The lowest BCUT2D eigenvalue weighted by Gasteiger charge is -2.33. The quantitative estimate of drug-likeness (QED) is 0.696. The summed E-state index contributed by atoms with van der Waals surface area (Å²) in [5.74, 6) is 1.45. The third kappa shape index (κ3) is 4.85. The summed E-state index contributed by atoms with van der Waals surface area (Å²) >= 11 is 0. The molecule has 168 valence electrons. The summed E-state index contributed by atoms with van der Waals surface area (Å²) in [6.07, 6.45) is 0.516. The highest BCUT2D eigenvalue weighted by atomic mass is 16.7. The Bertz CT molecular complexity index is 1010. The van der Waals surface area contributed by atoms with Crippen molar-refractivity contribution in [2.75, 3.05) is 25.2 Å². The molecule has 0 aliphatic carbocycles. The van der Waals surface area contributed by atoms with E-state index in [1.54, 1.807) is 54.3 Å². The van der Waals surface area contributed by atoms with Gasteiger partial charge in [0.15, 0.2) is 23.4 Å². The van der Waals surface area contributed by atoms with Crippen LogP contribution in [0.2, 0.25) is 0 Å². The minimum atomic E-state index is -0.655. The summed E-state index contributed by atoms with van der Waals surface area (Å²) in [5, 5.41) is 2.93. The van der Waals surface area contributed by atoms with Crippen molar-refractivity contribution in [3.8, 4) is 17.2 Å². The number of hydrogen-bond acceptors (Lipinski definition) is 6. The van der Waals surface area contributed by atoms with E-state index in [1.165, 1.54) is 6.92 Å². The predicted molar refractivity (Wildman–Crippen MR) is 117 cm³/mol. The van der Waals surface area contributed by atoms with Crippen LogP contribution in [0.3, 0.4) is 0 Å². The van der Waals surface area contributed by atoms with E-state index >= 15 is 0 Å². The Morgan fingerprint density at radius 2 is 1.72 bits per heavy atom. The number of nitrogens with zero attached hydrogens (tertiary/aromatic N) is 1. The molecule has 2 amide bonds.